The molecule has 0 amide bonds. The first-order valence-electron chi connectivity index (χ1n) is 4.84. The third kappa shape index (κ3) is 2.81. The minimum absolute atomic E-state index is 0.402. The first-order valence-corrected chi connectivity index (χ1v) is 5.59. The van der Waals surface area contributed by atoms with Crippen LogP contribution in [-0.2, 0) is 6.54 Å². The maximum Gasteiger partial charge on any atom is 0.223 e. The number of hydrogen-bond acceptors (Lipinski definition) is 5. The summed E-state index contributed by atoms with van der Waals surface area (Å²) in [7, 11) is 0. The second kappa shape index (κ2) is 4.81. The molecule has 0 radical (unpaired) electrons. The van der Waals surface area contributed by atoms with Gasteiger partial charge >= 0.3 is 0 Å². The Morgan fingerprint density at radius 1 is 1.35 bits per heavy atom. The highest BCUT2D eigenvalue weighted by Crippen LogP contribution is 2.30. The topological polar surface area (TPSA) is 77.0 Å². The molecule has 0 saturated heterocycles. The Labute approximate surface area is 108 Å². The van der Waals surface area contributed by atoms with Crippen molar-refractivity contribution in [3.63, 3.8) is 0 Å². The summed E-state index contributed by atoms with van der Waals surface area (Å²) in [5.74, 6) is 1.07. The van der Waals surface area contributed by atoms with Gasteiger partial charge in [-0.15, -0.1) is 0 Å². The summed E-state index contributed by atoms with van der Waals surface area (Å²) in [6, 6.07) is 3.25. The van der Waals surface area contributed by atoms with Gasteiger partial charge in [-0.05, 0) is 12.1 Å². The van der Waals surface area contributed by atoms with Crippen molar-refractivity contribution in [1.29, 1.82) is 0 Å². The lowest BCUT2D eigenvalue weighted by molar-refractivity contribution is 0.388. The van der Waals surface area contributed by atoms with Crippen LogP contribution < -0.4 is 11.1 Å². The normalized spacial score (nSPS) is 10.5. The van der Waals surface area contributed by atoms with Crippen LogP contribution in [0.2, 0.25) is 10.0 Å². The fraction of sp³-hybridized carbons (Fsp3) is 0.200. The lowest BCUT2D eigenvalue weighted by Gasteiger charge is -2.08. The van der Waals surface area contributed by atoms with Crippen LogP contribution in [0.1, 0.15) is 11.7 Å². The van der Waals surface area contributed by atoms with Crippen molar-refractivity contribution in [2.45, 2.75) is 13.5 Å². The van der Waals surface area contributed by atoms with E-state index in [9.17, 15) is 0 Å². The maximum atomic E-state index is 5.89. The van der Waals surface area contributed by atoms with Gasteiger partial charge in [0.05, 0.1) is 28.0 Å². The average molecular weight is 273 g/mol. The summed E-state index contributed by atoms with van der Waals surface area (Å²) in [6.07, 6.45) is 0. The quantitative estimate of drug-likeness (QED) is 0.841. The third-order valence-corrected chi connectivity index (χ3v) is 2.82. The molecular formula is C10H10Cl2N4O. The van der Waals surface area contributed by atoms with Gasteiger partial charge in [0.1, 0.15) is 0 Å². The molecule has 1 aromatic carbocycles. The number of aromatic nitrogens is 2. The van der Waals surface area contributed by atoms with Crippen molar-refractivity contribution in [2.75, 3.05) is 11.1 Å². The van der Waals surface area contributed by atoms with Crippen LogP contribution in [0, 0.1) is 6.92 Å². The first kappa shape index (κ1) is 12.0. The van der Waals surface area contributed by atoms with Gasteiger partial charge in [-0.1, -0.05) is 28.4 Å². The van der Waals surface area contributed by atoms with E-state index >= 15 is 0 Å². The zero-order chi connectivity index (χ0) is 12.4. The lowest BCUT2D eigenvalue weighted by Crippen LogP contribution is -2.04. The highest BCUT2D eigenvalue weighted by molar-refractivity contribution is 6.42. The number of anilines is 2. The number of benzene rings is 1. The number of nitrogens with zero attached hydrogens (tertiary/aromatic N) is 2. The molecule has 0 bridgehead atoms. The summed E-state index contributed by atoms with van der Waals surface area (Å²) in [5.41, 5.74) is 6.99. The molecular weight excluding hydrogens is 263 g/mol. The van der Waals surface area contributed by atoms with E-state index < -0.39 is 0 Å². The standard InChI is InChI=1S/C10H10Cl2N4O/c1-5-15-10(16-17-5)4-14-9-3-7(12)6(11)2-8(9)13/h2-3,14H,4,13H2,1H3. The van der Waals surface area contributed by atoms with E-state index in [0.717, 1.165) is 0 Å². The van der Waals surface area contributed by atoms with Crippen LogP contribution >= 0.6 is 23.2 Å². The minimum atomic E-state index is 0.402. The molecule has 90 valence electrons. The monoisotopic (exact) mass is 272 g/mol. The van der Waals surface area contributed by atoms with Crippen LogP contribution in [0.15, 0.2) is 16.7 Å². The predicted octanol–water partition coefficient (Wildman–Crippen LogP) is 2.88. The number of nitrogens with two attached hydrogens (primary N) is 1. The third-order valence-electron chi connectivity index (χ3n) is 2.10. The fourth-order valence-corrected chi connectivity index (χ4v) is 1.64. The van der Waals surface area contributed by atoms with Crippen LogP contribution in [0.3, 0.4) is 0 Å². The molecule has 2 aromatic rings. The number of nitrogen functional groups attached to an aromatic ring is 1. The number of nitrogens with one attached hydrogen (secondary N) is 1. The van der Waals surface area contributed by atoms with Gasteiger partial charge in [-0.2, -0.15) is 4.98 Å². The van der Waals surface area contributed by atoms with E-state index in [-0.39, 0.29) is 0 Å². The van der Waals surface area contributed by atoms with Crippen molar-refractivity contribution in [3.8, 4) is 0 Å². The van der Waals surface area contributed by atoms with E-state index in [1.54, 1.807) is 19.1 Å². The fourth-order valence-electron chi connectivity index (χ4n) is 1.30. The van der Waals surface area contributed by atoms with Gasteiger partial charge in [0.25, 0.3) is 0 Å². The molecule has 0 aliphatic heterocycles. The van der Waals surface area contributed by atoms with Gasteiger partial charge in [0.15, 0.2) is 5.82 Å². The molecule has 0 aliphatic rings. The van der Waals surface area contributed by atoms with Gasteiger partial charge < -0.3 is 15.6 Å². The van der Waals surface area contributed by atoms with Gasteiger partial charge in [-0.3, -0.25) is 0 Å². The van der Waals surface area contributed by atoms with Crippen molar-refractivity contribution in [3.05, 3.63) is 33.9 Å². The van der Waals surface area contributed by atoms with E-state index in [1.165, 1.54) is 0 Å². The molecule has 0 fully saturated rings. The second-order valence-electron chi connectivity index (χ2n) is 3.44. The van der Waals surface area contributed by atoms with Crippen molar-refractivity contribution in [2.24, 2.45) is 0 Å². The summed E-state index contributed by atoms with van der Waals surface area (Å²) < 4.78 is 4.85. The van der Waals surface area contributed by atoms with E-state index in [1.807, 2.05) is 0 Å². The van der Waals surface area contributed by atoms with Gasteiger partial charge in [0.2, 0.25) is 5.89 Å². The van der Waals surface area contributed by atoms with E-state index in [0.29, 0.717) is 39.7 Å². The molecule has 17 heavy (non-hydrogen) atoms. The largest absolute Gasteiger partial charge is 0.397 e. The molecule has 0 saturated carbocycles. The van der Waals surface area contributed by atoms with Crippen molar-refractivity contribution < 1.29 is 4.52 Å². The molecule has 7 heteroatoms. The minimum Gasteiger partial charge on any atom is -0.397 e. The van der Waals surface area contributed by atoms with Crippen LogP contribution in [-0.4, -0.2) is 10.1 Å². The first-order chi connectivity index (χ1) is 8.06. The Bertz CT molecular complexity index is 541. The number of rotatable bonds is 3. The molecule has 1 heterocycles. The highest BCUT2D eigenvalue weighted by Gasteiger charge is 2.07. The highest BCUT2D eigenvalue weighted by atomic mass is 35.5. The summed E-state index contributed by atoms with van der Waals surface area (Å²) in [4.78, 5) is 4.06. The van der Waals surface area contributed by atoms with E-state index in [4.69, 9.17) is 33.5 Å². The summed E-state index contributed by atoms with van der Waals surface area (Å²) >= 11 is 11.7. The Morgan fingerprint density at radius 3 is 2.71 bits per heavy atom. The molecule has 3 N–H and O–H groups in total. The van der Waals surface area contributed by atoms with Crippen LogP contribution in [0.5, 0.6) is 0 Å². The van der Waals surface area contributed by atoms with Gasteiger partial charge in [0, 0.05) is 6.92 Å². The zero-order valence-corrected chi connectivity index (χ0v) is 10.5. The summed E-state index contributed by atoms with van der Waals surface area (Å²) in [6.45, 7) is 2.13. The number of halogens is 2. The zero-order valence-electron chi connectivity index (χ0n) is 9.00. The lowest BCUT2D eigenvalue weighted by atomic mass is 10.2. The Kier molecular flexibility index (Phi) is 3.40. The molecule has 0 unspecified atom stereocenters. The van der Waals surface area contributed by atoms with Crippen molar-refractivity contribution in [1.82, 2.24) is 10.1 Å². The molecule has 0 spiro atoms. The van der Waals surface area contributed by atoms with Crippen LogP contribution in [0.25, 0.3) is 0 Å². The van der Waals surface area contributed by atoms with E-state index in [2.05, 4.69) is 15.5 Å². The molecule has 1 aromatic heterocycles. The Balaban J connectivity index is 2.11. The van der Waals surface area contributed by atoms with Crippen LogP contribution in [0.4, 0.5) is 11.4 Å². The van der Waals surface area contributed by atoms with Crippen molar-refractivity contribution >= 4 is 34.6 Å². The number of hydrogen-bond donors (Lipinski definition) is 2. The molecule has 0 aliphatic carbocycles. The molecule has 2 rings (SSSR count). The maximum absolute atomic E-state index is 5.89. The Morgan fingerprint density at radius 2 is 2.06 bits per heavy atom. The average Bonchev–Trinajstić information content (AvgIpc) is 2.68. The van der Waals surface area contributed by atoms with Gasteiger partial charge in [-0.25, -0.2) is 0 Å². The number of aryl methyl sites for hydroxylation is 1. The summed E-state index contributed by atoms with van der Waals surface area (Å²) in [5, 5.41) is 7.67. The SMILES string of the molecule is Cc1nc(CNc2cc(Cl)c(Cl)cc2N)no1. The predicted molar refractivity (Wildman–Crippen MR) is 67.2 cm³/mol. The molecule has 0 atom stereocenters. The molecule has 5 nitrogen and oxygen atoms in total. The smallest absolute Gasteiger partial charge is 0.223 e. The second-order valence-corrected chi connectivity index (χ2v) is 4.25. The Hall–Kier alpha value is -1.46.